The third-order valence-electron chi connectivity index (χ3n) is 3.40. The molecule has 3 rings (SSSR count). The predicted octanol–water partition coefficient (Wildman–Crippen LogP) is 3.22. The van der Waals surface area contributed by atoms with Gasteiger partial charge in [-0.05, 0) is 42.5 Å². The van der Waals surface area contributed by atoms with Gasteiger partial charge in [0.25, 0.3) is 5.91 Å². The number of rotatable bonds is 3. The minimum Gasteiger partial charge on any atom is -0.373 e. The number of nitrogens with one attached hydrogen (secondary N) is 1. The molecule has 1 N–H and O–H groups in total. The van der Waals surface area contributed by atoms with Crippen LogP contribution in [0.25, 0.3) is 0 Å². The number of imide groups is 1. The van der Waals surface area contributed by atoms with Crippen molar-refractivity contribution in [1.82, 2.24) is 0 Å². The SMILES string of the molecule is O=C1C[C@H](Nc2ccc(F)cc2)C(=O)N1c1cccc(Cl)c1. The molecule has 6 heteroatoms. The fraction of sp³-hybridized carbons (Fsp3) is 0.125. The van der Waals surface area contributed by atoms with Gasteiger partial charge < -0.3 is 5.32 Å². The van der Waals surface area contributed by atoms with E-state index in [1.165, 1.54) is 24.3 Å². The van der Waals surface area contributed by atoms with E-state index in [-0.39, 0.29) is 24.1 Å². The first-order valence-corrected chi connectivity index (χ1v) is 7.07. The fourth-order valence-corrected chi connectivity index (χ4v) is 2.56. The Morgan fingerprint density at radius 3 is 2.55 bits per heavy atom. The number of carbonyl (C=O) groups is 2. The molecule has 0 radical (unpaired) electrons. The maximum Gasteiger partial charge on any atom is 0.256 e. The van der Waals surface area contributed by atoms with Gasteiger partial charge in [-0.25, -0.2) is 9.29 Å². The maximum absolute atomic E-state index is 12.9. The van der Waals surface area contributed by atoms with Crippen molar-refractivity contribution in [3.8, 4) is 0 Å². The maximum atomic E-state index is 12.9. The average molecular weight is 319 g/mol. The Morgan fingerprint density at radius 2 is 1.86 bits per heavy atom. The van der Waals surface area contributed by atoms with Crippen LogP contribution in [0.2, 0.25) is 5.02 Å². The molecule has 22 heavy (non-hydrogen) atoms. The molecule has 2 aromatic rings. The Labute approximate surface area is 131 Å². The molecule has 4 nitrogen and oxygen atoms in total. The highest BCUT2D eigenvalue weighted by atomic mass is 35.5. The Kier molecular flexibility index (Phi) is 3.81. The van der Waals surface area contributed by atoms with E-state index in [2.05, 4.69) is 5.32 Å². The summed E-state index contributed by atoms with van der Waals surface area (Å²) in [6.45, 7) is 0. The molecule has 0 aromatic heterocycles. The predicted molar refractivity (Wildman–Crippen MR) is 82.4 cm³/mol. The van der Waals surface area contributed by atoms with Gasteiger partial charge in [-0.2, -0.15) is 0 Å². The number of carbonyl (C=O) groups excluding carboxylic acids is 2. The first-order valence-electron chi connectivity index (χ1n) is 6.69. The number of anilines is 2. The molecule has 0 saturated carbocycles. The second-order valence-electron chi connectivity index (χ2n) is 4.96. The number of halogens is 2. The highest BCUT2D eigenvalue weighted by molar-refractivity contribution is 6.31. The number of amides is 2. The molecular weight excluding hydrogens is 307 g/mol. The number of hydrogen-bond acceptors (Lipinski definition) is 3. The van der Waals surface area contributed by atoms with Gasteiger partial charge in [0.15, 0.2) is 0 Å². The molecular formula is C16H12ClFN2O2. The van der Waals surface area contributed by atoms with E-state index in [0.717, 1.165) is 4.90 Å². The van der Waals surface area contributed by atoms with E-state index in [9.17, 15) is 14.0 Å². The molecule has 0 aliphatic carbocycles. The van der Waals surface area contributed by atoms with Crippen LogP contribution in [-0.2, 0) is 9.59 Å². The van der Waals surface area contributed by atoms with Crippen LogP contribution in [0.1, 0.15) is 6.42 Å². The molecule has 0 unspecified atom stereocenters. The van der Waals surface area contributed by atoms with E-state index in [1.54, 1.807) is 24.3 Å². The minimum atomic E-state index is -0.669. The summed E-state index contributed by atoms with van der Waals surface area (Å²) in [5, 5.41) is 3.40. The van der Waals surface area contributed by atoms with E-state index >= 15 is 0 Å². The molecule has 1 aliphatic heterocycles. The van der Waals surface area contributed by atoms with Gasteiger partial charge in [-0.15, -0.1) is 0 Å². The standard InChI is InChI=1S/C16H12ClFN2O2/c17-10-2-1-3-13(8-10)20-15(21)9-14(16(20)22)19-12-6-4-11(18)5-7-12/h1-8,14,19H,9H2/t14-/m0/s1. The highest BCUT2D eigenvalue weighted by Crippen LogP contribution is 2.27. The van der Waals surface area contributed by atoms with Crippen LogP contribution < -0.4 is 10.2 Å². The lowest BCUT2D eigenvalue weighted by Crippen LogP contribution is -2.34. The van der Waals surface area contributed by atoms with Gasteiger partial charge in [0, 0.05) is 10.7 Å². The van der Waals surface area contributed by atoms with Gasteiger partial charge in [0.05, 0.1) is 12.1 Å². The highest BCUT2D eigenvalue weighted by Gasteiger charge is 2.39. The van der Waals surface area contributed by atoms with Crippen LogP contribution in [0.3, 0.4) is 0 Å². The molecule has 0 bridgehead atoms. The Bertz CT molecular complexity index is 733. The van der Waals surface area contributed by atoms with Crippen LogP contribution >= 0.6 is 11.6 Å². The lowest BCUT2D eigenvalue weighted by molar-refractivity contribution is -0.121. The second-order valence-corrected chi connectivity index (χ2v) is 5.39. The minimum absolute atomic E-state index is 0.0444. The van der Waals surface area contributed by atoms with Gasteiger partial charge in [0.1, 0.15) is 11.9 Å². The fourth-order valence-electron chi connectivity index (χ4n) is 2.38. The molecule has 1 fully saturated rings. The third-order valence-corrected chi connectivity index (χ3v) is 3.63. The Balaban J connectivity index is 1.81. The quantitative estimate of drug-likeness (QED) is 0.884. The Hall–Kier alpha value is -2.40. The summed E-state index contributed by atoms with van der Waals surface area (Å²) in [7, 11) is 0. The molecule has 1 saturated heterocycles. The summed E-state index contributed by atoms with van der Waals surface area (Å²) in [6.07, 6.45) is 0.0444. The van der Waals surface area contributed by atoms with Crippen LogP contribution in [0.15, 0.2) is 48.5 Å². The average Bonchev–Trinajstić information content (AvgIpc) is 2.76. The van der Waals surface area contributed by atoms with Gasteiger partial charge in [-0.1, -0.05) is 17.7 Å². The number of nitrogens with zero attached hydrogens (tertiary/aromatic N) is 1. The largest absolute Gasteiger partial charge is 0.373 e. The van der Waals surface area contributed by atoms with Gasteiger partial charge in [0.2, 0.25) is 5.91 Å². The topological polar surface area (TPSA) is 49.4 Å². The molecule has 2 aromatic carbocycles. The first kappa shape index (κ1) is 14.5. The zero-order chi connectivity index (χ0) is 15.7. The van der Waals surface area contributed by atoms with E-state index in [1.807, 2.05) is 0 Å². The van der Waals surface area contributed by atoms with Crippen molar-refractivity contribution in [2.45, 2.75) is 12.5 Å². The summed E-state index contributed by atoms with van der Waals surface area (Å²) in [5.41, 5.74) is 1.03. The van der Waals surface area contributed by atoms with Crippen LogP contribution in [0.5, 0.6) is 0 Å². The third kappa shape index (κ3) is 2.80. The van der Waals surface area contributed by atoms with Crippen molar-refractivity contribution < 1.29 is 14.0 Å². The summed E-state index contributed by atoms with van der Waals surface area (Å²) in [5.74, 6) is -1.01. The van der Waals surface area contributed by atoms with Crippen molar-refractivity contribution in [1.29, 1.82) is 0 Å². The number of benzene rings is 2. The normalized spacial score (nSPS) is 17.9. The van der Waals surface area contributed by atoms with Gasteiger partial charge in [-0.3, -0.25) is 9.59 Å². The van der Waals surface area contributed by atoms with Crippen LogP contribution in [-0.4, -0.2) is 17.9 Å². The zero-order valence-electron chi connectivity index (χ0n) is 11.4. The molecule has 0 spiro atoms. The molecule has 1 atom stereocenters. The van der Waals surface area contributed by atoms with E-state index < -0.39 is 6.04 Å². The van der Waals surface area contributed by atoms with E-state index in [0.29, 0.717) is 16.4 Å². The van der Waals surface area contributed by atoms with Crippen LogP contribution in [0.4, 0.5) is 15.8 Å². The van der Waals surface area contributed by atoms with Crippen molar-refractivity contribution in [3.63, 3.8) is 0 Å². The van der Waals surface area contributed by atoms with Crippen molar-refractivity contribution >= 4 is 34.8 Å². The van der Waals surface area contributed by atoms with Gasteiger partial charge >= 0.3 is 0 Å². The molecule has 1 heterocycles. The summed E-state index contributed by atoms with van der Waals surface area (Å²) in [4.78, 5) is 25.7. The summed E-state index contributed by atoms with van der Waals surface area (Å²) < 4.78 is 12.9. The van der Waals surface area contributed by atoms with Crippen molar-refractivity contribution in [2.75, 3.05) is 10.2 Å². The van der Waals surface area contributed by atoms with Crippen molar-refractivity contribution in [2.24, 2.45) is 0 Å². The monoisotopic (exact) mass is 318 g/mol. The molecule has 2 amide bonds. The van der Waals surface area contributed by atoms with Crippen LogP contribution in [0, 0.1) is 5.82 Å². The molecule has 1 aliphatic rings. The zero-order valence-corrected chi connectivity index (χ0v) is 12.2. The molecule has 112 valence electrons. The lowest BCUT2D eigenvalue weighted by atomic mass is 10.2. The smallest absolute Gasteiger partial charge is 0.256 e. The summed E-state index contributed by atoms with van der Waals surface area (Å²) in [6, 6.07) is 11.5. The first-order chi connectivity index (χ1) is 10.5. The number of hydrogen-bond donors (Lipinski definition) is 1. The second kappa shape index (κ2) is 5.77. The Morgan fingerprint density at radius 1 is 1.14 bits per heavy atom. The van der Waals surface area contributed by atoms with E-state index in [4.69, 9.17) is 11.6 Å². The van der Waals surface area contributed by atoms with Crippen molar-refractivity contribution in [3.05, 3.63) is 59.4 Å². The lowest BCUT2D eigenvalue weighted by Gasteiger charge is -2.16. The summed E-state index contributed by atoms with van der Waals surface area (Å²) >= 11 is 5.90.